The molecule has 1 aromatic heterocycles. The highest BCUT2D eigenvalue weighted by Gasteiger charge is 2.14. The van der Waals surface area contributed by atoms with E-state index < -0.39 is 16.4 Å². The molecule has 0 aliphatic rings. The molecule has 1 aromatic carbocycles. The van der Waals surface area contributed by atoms with Crippen LogP contribution in [0.2, 0.25) is 0 Å². The monoisotopic (exact) mass is 266 g/mol. The van der Waals surface area contributed by atoms with Crippen molar-refractivity contribution in [2.24, 2.45) is 0 Å². The van der Waals surface area contributed by atoms with Gasteiger partial charge in [0.25, 0.3) is 0 Å². The van der Waals surface area contributed by atoms with E-state index in [4.69, 9.17) is 0 Å². The topological polar surface area (TPSA) is 55.2 Å². The van der Waals surface area contributed by atoms with Crippen LogP contribution in [0.3, 0.4) is 0 Å². The van der Waals surface area contributed by atoms with Crippen LogP contribution in [0.15, 0.2) is 35.0 Å². The number of halogens is 1. The van der Waals surface area contributed by atoms with Crippen molar-refractivity contribution in [2.45, 2.75) is 13.0 Å². The zero-order valence-corrected chi connectivity index (χ0v) is 10.4. The normalized spacial score (nSPS) is 12.1. The largest absolute Gasteiger partial charge is 0.378 e. The van der Waals surface area contributed by atoms with Gasteiger partial charge in [-0.2, -0.15) is 15.7 Å². The summed E-state index contributed by atoms with van der Waals surface area (Å²) in [7, 11) is 0. The van der Waals surface area contributed by atoms with Gasteiger partial charge in [-0.25, -0.2) is 0 Å². The Balaban J connectivity index is 2.15. The second kappa shape index (κ2) is 5.14. The first-order chi connectivity index (χ1) is 8.58. The Labute approximate surface area is 107 Å². The van der Waals surface area contributed by atoms with Crippen molar-refractivity contribution >= 4 is 22.7 Å². The maximum absolute atomic E-state index is 13.4. The Kier molecular flexibility index (Phi) is 3.57. The molecule has 0 fully saturated rings. The second-order valence-electron chi connectivity index (χ2n) is 3.85. The Hall–Kier alpha value is -1.95. The number of hydrogen-bond acceptors (Lipinski definition) is 4. The third kappa shape index (κ3) is 2.65. The number of benzene rings is 1. The number of nitro benzene ring substituents is 1. The summed E-state index contributed by atoms with van der Waals surface area (Å²) in [6.07, 6.45) is 0. The average Bonchev–Trinajstić information content (AvgIpc) is 2.81. The predicted molar refractivity (Wildman–Crippen MR) is 69.4 cm³/mol. The summed E-state index contributed by atoms with van der Waals surface area (Å²) in [5.41, 5.74) is 1.11. The number of nitro groups is 1. The molecule has 18 heavy (non-hydrogen) atoms. The third-order valence-corrected chi connectivity index (χ3v) is 3.27. The van der Waals surface area contributed by atoms with E-state index in [1.165, 1.54) is 6.07 Å². The third-order valence-electron chi connectivity index (χ3n) is 2.57. The van der Waals surface area contributed by atoms with E-state index in [1.807, 2.05) is 23.8 Å². The lowest BCUT2D eigenvalue weighted by molar-refractivity contribution is -0.387. The highest BCUT2D eigenvalue weighted by atomic mass is 32.1. The van der Waals surface area contributed by atoms with Crippen LogP contribution in [0, 0.1) is 15.9 Å². The Bertz CT molecular complexity index is 557. The molecule has 0 bridgehead atoms. The Morgan fingerprint density at radius 1 is 1.44 bits per heavy atom. The van der Waals surface area contributed by atoms with E-state index in [9.17, 15) is 14.5 Å². The predicted octanol–water partition coefficient (Wildman–Crippen LogP) is 3.97. The lowest BCUT2D eigenvalue weighted by Gasteiger charge is -2.13. The van der Waals surface area contributed by atoms with Gasteiger partial charge in [-0.1, -0.05) is 0 Å². The maximum atomic E-state index is 13.4. The highest BCUT2D eigenvalue weighted by Crippen LogP contribution is 2.25. The van der Waals surface area contributed by atoms with Crippen LogP contribution < -0.4 is 5.32 Å². The van der Waals surface area contributed by atoms with Crippen LogP contribution in [-0.2, 0) is 0 Å². The molecule has 0 saturated heterocycles. The molecule has 1 N–H and O–H groups in total. The molecule has 0 radical (unpaired) electrons. The van der Waals surface area contributed by atoms with Crippen LogP contribution in [0.5, 0.6) is 0 Å². The zero-order chi connectivity index (χ0) is 13.1. The van der Waals surface area contributed by atoms with E-state index >= 15 is 0 Å². The summed E-state index contributed by atoms with van der Waals surface area (Å²) in [5.74, 6) is -0.831. The summed E-state index contributed by atoms with van der Waals surface area (Å²) in [4.78, 5) is 9.75. The minimum Gasteiger partial charge on any atom is -0.378 e. The summed E-state index contributed by atoms with van der Waals surface area (Å²) >= 11 is 1.58. The standard InChI is InChI=1S/C12H11FN2O2S/c1-8(9-4-5-18-7-9)14-10-2-3-12(15(16)17)11(13)6-10/h2-8,14H,1H3. The molecule has 2 aromatic rings. The molecule has 0 amide bonds. The molecule has 0 saturated carbocycles. The van der Waals surface area contributed by atoms with E-state index in [-0.39, 0.29) is 6.04 Å². The van der Waals surface area contributed by atoms with Gasteiger partial charge in [0.2, 0.25) is 5.82 Å². The molecule has 0 aliphatic heterocycles. The first kappa shape index (κ1) is 12.5. The Morgan fingerprint density at radius 2 is 2.22 bits per heavy atom. The van der Waals surface area contributed by atoms with Gasteiger partial charge < -0.3 is 5.32 Å². The van der Waals surface area contributed by atoms with E-state index in [0.29, 0.717) is 5.69 Å². The van der Waals surface area contributed by atoms with Gasteiger partial charge in [0, 0.05) is 23.9 Å². The molecule has 94 valence electrons. The minimum atomic E-state index is -0.831. The van der Waals surface area contributed by atoms with Crippen molar-refractivity contribution in [2.75, 3.05) is 5.32 Å². The number of nitrogens with zero attached hydrogens (tertiary/aromatic N) is 1. The van der Waals surface area contributed by atoms with Crippen molar-refractivity contribution in [3.8, 4) is 0 Å². The van der Waals surface area contributed by atoms with Crippen LogP contribution in [0.4, 0.5) is 15.8 Å². The molecular weight excluding hydrogens is 255 g/mol. The van der Waals surface area contributed by atoms with Gasteiger partial charge in [-0.3, -0.25) is 10.1 Å². The van der Waals surface area contributed by atoms with E-state index in [0.717, 1.165) is 17.7 Å². The number of hydrogen-bond donors (Lipinski definition) is 1. The number of thiophene rings is 1. The lowest BCUT2D eigenvalue weighted by atomic mass is 10.1. The van der Waals surface area contributed by atoms with Gasteiger partial charge in [-0.15, -0.1) is 0 Å². The van der Waals surface area contributed by atoms with E-state index in [1.54, 1.807) is 11.3 Å². The fourth-order valence-corrected chi connectivity index (χ4v) is 2.35. The molecule has 2 rings (SSSR count). The quantitative estimate of drug-likeness (QED) is 0.673. The van der Waals surface area contributed by atoms with Crippen molar-refractivity contribution in [3.05, 3.63) is 56.5 Å². The van der Waals surface area contributed by atoms with Gasteiger partial charge in [0.15, 0.2) is 0 Å². The van der Waals surface area contributed by atoms with Gasteiger partial charge in [-0.05, 0) is 35.4 Å². The summed E-state index contributed by atoms with van der Waals surface area (Å²) < 4.78 is 13.4. The summed E-state index contributed by atoms with van der Waals surface area (Å²) in [6.45, 7) is 1.95. The second-order valence-corrected chi connectivity index (χ2v) is 4.63. The van der Waals surface area contributed by atoms with Gasteiger partial charge >= 0.3 is 5.69 Å². The van der Waals surface area contributed by atoms with Crippen molar-refractivity contribution in [3.63, 3.8) is 0 Å². The number of nitrogens with one attached hydrogen (secondary N) is 1. The van der Waals surface area contributed by atoms with Crippen LogP contribution in [0.25, 0.3) is 0 Å². The van der Waals surface area contributed by atoms with E-state index in [2.05, 4.69) is 5.32 Å². The van der Waals surface area contributed by atoms with Crippen molar-refractivity contribution in [1.29, 1.82) is 0 Å². The smallest absolute Gasteiger partial charge is 0.304 e. The van der Waals surface area contributed by atoms with Gasteiger partial charge in [0.05, 0.1) is 4.92 Å². The number of anilines is 1. The maximum Gasteiger partial charge on any atom is 0.304 e. The molecule has 6 heteroatoms. The highest BCUT2D eigenvalue weighted by molar-refractivity contribution is 7.07. The molecule has 0 aliphatic carbocycles. The number of rotatable bonds is 4. The summed E-state index contributed by atoms with van der Waals surface area (Å²) in [5, 5.41) is 17.5. The molecular formula is C12H11FN2O2S. The molecule has 4 nitrogen and oxygen atoms in total. The fraction of sp³-hybridized carbons (Fsp3) is 0.167. The SMILES string of the molecule is CC(Nc1ccc([N+](=O)[O-])c(F)c1)c1ccsc1. The molecule has 1 unspecified atom stereocenters. The van der Waals surface area contributed by atoms with Crippen LogP contribution in [-0.4, -0.2) is 4.92 Å². The first-order valence-electron chi connectivity index (χ1n) is 5.30. The van der Waals surface area contributed by atoms with Gasteiger partial charge in [0.1, 0.15) is 0 Å². The van der Waals surface area contributed by atoms with Crippen molar-refractivity contribution < 1.29 is 9.31 Å². The van der Waals surface area contributed by atoms with Crippen molar-refractivity contribution in [1.82, 2.24) is 0 Å². The molecule has 0 spiro atoms. The zero-order valence-electron chi connectivity index (χ0n) is 9.59. The minimum absolute atomic E-state index is 0.0251. The van der Waals surface area contributed by atoms with Crippen LogP contribution in [0.1, 0.15) is 18.5 Å². The fourth-order valence-electron chi connectivity index (χ4n) is 1.60. The summed E-state index contributed by atoms with van der Waals surface area (Å²) in [6, 6.07) is 5.81. The molecule has 1 heterocycles. The molecule has 1 atom stereocenters. The van der Waals surface area contributed by atoms with Crippen LogP contribution >= 0.6 is 11.3 Å². The first-order valence-corrected chi connectivity index (χ1v) is 6.25. The lowest BCUT2D eigenvalue weighted by Crippen LogP contribution is -2.06. The average molecular weight is 266 g/mol. The Morgan fingerprint density at radius 3 is 2.78 bits per heavy atom.